The van der Waals surface area contributed by atoms with E-state index in [0.29, 0.717) is 12.4 Å². The maximum absolute atomic E-state index is 12.0. The lowest BCUT2D eigenvalue weighted by molar-refractivity contribution is -0.142. The van der Waals surface area contributed by atoms with E-state index in [2.05, 4.69) is 18.8 Å². The number of nitrogens with zero attached hydrogens (tertiary/aromatic N) is 2. The molecule has 0 radical (unpaired) electrons. The Morgan fingerprint density at radius 3 is 2.66 bits per heavy atom. The SMILES string of the molecule is CCOC(=O)Cc1nc(C(C)C)cn1-c1ccc(-c2cccc(S(C)(=O)=O)c2)s1. The molecule has 0 atom stereocenters. The molecule has 0 saturated heterocycles. The number of hydrogen-bond acceptors (Lipinski definition) is 6. The van der Waals surface area contributed by atoms with Crippen LogP contribution in [0.5, 0.6) is 0 Å². The molecule has 0 amide bonds. The van der Waals surface area contributed by atoms with Gasteiger partial charge in [-0.2, -0.15) is 0 Å². The van der Waals surface area contributed by atoms with Gasteiger partial charge in [0, 0.05) is 17.3 Å². The first-order valence-electron chi connectivity index (χ1n) is 9.33. The number of hydrogen-bond donors (Lipinski definition) is 0. The molecule has 0 fully saturated rings. The van der Waals surface area contributed by atoms with E-state index >= 15 is 0 Å². The fraction of sp³-hybridized carbons (Fsp3) is 0.333. The van der Waals surface area contributed by atoms with E-state index in [-0.39, 0.29) is 23.2 Å². The standard InChI is InChI=1S/C21H24N2O4S2/c1-5-27-21(24)12-19-22-17(14(2)3)13-23(19)20-10-9-18(28-20)15-7-6-8-16(11-15)29(4,25)26/h6-11,13-14H,5,12H2,1-4H3. The van der Waals surface area contributed by atoms with Crippen molar-refractivity contribution in [2.24, 2.45) is 0 Å². The van der Waals surface area contributed by atoms with Gasteiger partial charge in [0.2, 0.25) is 0 Å². The third-order valence-electron chi connectivity index (χ3n) is 4.37. The van der Waals surface area contributed by atoms with Gasteiger partial charge in [-0.05, 0) is 42.7 Å². The first-order chi connectivity index (χ1) is 13.7. The summed E-state index contributed by atoms with van der Waals surface area (Å²) in [7, 11) is -3.27. The summed E-state index contributed by atoms with van der Waals surface area (Å²) in [4.78, 5) is 17.9. The molecule has 3 aromatic rings. The van der Waals surface area contributed by atoms with Crippen LogP contribution in [0.3, 0.4) is 0 Å². The molecule has 0 unspecified atom stereocenters. The predicted molar refractivity (Wildman–Crippen MR) is 114 cm³/mol. The Kier molecular flexibility index (Phi) is 6.24. The Labute approximate surface area is 175 Å². The number of ether oxygens (including phenoxy) is 1. The molecule has 0 aliphatic carbocycles. The van der Waals surface area contributed by atoms with Crippen LogP contribution in [0, 0.1) is 0 Å². The number of carbonyl (C=O) groups is 1. The van der Waals surface area contributed by atoms with Gasteiger partial charge >= 0.3 is 5.97 Å². The second-order valence-corrected chi connectivity index (χ2v) is 10.1. The normalized spacial score (nSPS) is 11.8. The average Bonchev–Trinajstić information content (AvgIpc) is 3.28. The predicted octanol–water partition coefficient (Wildman–Crippen LogP) is 4.23. The molecule has 0 N–H and O–H groups in total. The third kappa shape index (κ3) is 4.94. The van der Waals surface area contributed by atoms with Gasteiger partial charge < -0.3 is 4.74 Å². The van der Waals surface area contributed by atoms with Gasteiger partial charge in [-0.25, -0.2) is 13.4 Å². The maximum Gasteiger partial charge on any atom is 0.313 e. The molecular weight excluding hydrogens is 408 g/mol. The van der Waals surface area contributed by atoms with E-state index in [4.69, 9.17) is 4.74 Å². The smallest absolute Gasteiger partial charge is 0.313 e. The van der Waals surface area contributed by atoms with Crippen LogP contribution in [0.15, 0.2) is 47.5 Å². The zero-order valence-corrected chi connectivity index (χ0v) is 18.5. The number of carbonyl (C=O) groups excluding carboxylic acids is 1. The molecule has 3 rings (SSSR count). The summed E-state index contributed by atoms with van der Waals surface area (Å²) in [5.74, 6) is 0.542. The molecule has 0 aliphatic rings. The van der Waals surface area contributed by atoms with Crippen molar-refractivity contribution in [3.05, 3.63) is 54.1 Å². The quantitative estimate of drug-likeness (QED) is 0.522. The minimum atomic E-state index is -3.27. The Morgan fingerprint density at radius 1 is 1.24 bits per heavy atom. The number of thiophene rings is 1. The molecule has 1 aromatic carbocycles. The lowest BCUT2D eigenvalue weighted by Gasteiger charge is -2.05. The molecule has 29 heavy (non-hydrogen) atoms. The third-order valence-corrected chi connectivity index (χ3v) is 6.62. The van der Waals surface area contributed by atoms with E-state index in [0.717, 1.165) is 21.1 Å². The second-order valence-electron chi connectivity index (χ2n) is 7.03. The number of aromatic nitrogens is 2. The molecular formula is C21H24N2O4S2. The highest BCUT2D eigenvalue weighted by atomic mass is 32.2. The average molecular weight is 433 g/mol. The lowest BCUT2D eigenvalue weighted by Crippen LogP contribution is -2.11. The van der Waals surface area contributed by atoms with Crippen LogP contribution in [-0.4, -0.2) is 36.8 Å². The molecule has 154 valence electrons. The van der Waals surface area contributed by atoms with Crippen LogP contribution >= 0.6 is 11.3 Å². The Balaban J connectivity index is 1.99. The first kappa shape index (κ1) is 21.3. The Morgan fingerprint density at radius 2 is 2.00 bits per heavy atom. The van der Waals surface area contributed by atoms with Crippen molar-refractivity contribution in [1.82, 2.24) is 9.55 Å². The van der Waals surface area contributed by atoms with Crippen LogP contribution < -0.4 is 0 Å². The number of benzene rings is 1. The summed E-state index contributed by atoms with van der Waals surface area (Å²) in [5, 5.41) is 0.906. The number of rotatable bonds is 7. The molecule has 2 heterocycles. The van der Waals surface area contributed by atoms with Gasteiger partial charge in [-0.15, -0.1) is 11.3 Å². The summed E-state index contributed by atoms with van der Waals surface area (Å²) >= 11 is 1.51. The van der Waals surface area contributed by atoms with Gasteiger partial charge in [0.1, 0.15) is 17.2 Å². The number of esters is 1. The maximum atomic E-state index is 12.0. The van der Waals surface area contributed by atoms with E-state index in [1.807, 2.05) is 29.0 Å². The van der Waals surface area contributed by atoms with E-state index < -0.39 is 9.84 Å². The molecule has 0 bridgehead atoms. The van der Waals surface area contributed by atoms with Gasteiger partial charge in [0.15, 0.2) is 9.84 Å². The Hall–Kier alpha value is -2.45. The van der Waals surface area contributed by atoms with E-state index in [9.17, 15) is 13.2 Å². The van der Waals surface area contributed by atoms with Gasteiger partial charge in [0.05, 0.1) is 17.2 Å². The zero-order valence-electron chi connectivity index (χ0n) is 16.9. The molecule has 0 spiro atoms. The minimum Gasteiger partial charge on any atom is -0.466 e. The number of imidazole rings is 1. The molecule has 0 aliphatic heterocycles. The van der Waals surface area contributed by atoms with Gasteiger partial charge in [-0.3, -0.25) is 9.36 Å². The highest BCUT2D eigenvalue weighted by Gasteiger charge is 2.17. The minimum absolute atomic E-state index is 0.0946. The highest BCUT2D eigenvalue weighted by molar-refractivity contribution is 7.90. The summed E-state index contributed by atoms with van der Waals surface area (Å²) in [6.45, 7) is 6.21. The summed E-state index contributed by atoms with van der Waals surface area (Å²) in [6.07, 6.45) is 3.24. The molecule has 6 nitrogen and oxygen atoms in total. The fourth-order valence-corrected chi connectivity index (χ4v) is 4.53. The summed E-state index contributed by atoms with van der Waals surface area (Å²) < 4.78 is 30.7. The highest BCUT2D eigenvalue weighted by Crippen LogP contribution is 2.33. The van der Waals surface area contributed by atoms with Crippen LogP contribution in [0.25, 0.3) is 15.4 Å². The largest absolute Gasteiger partial charge is 0.466 e. The topological polar surface area (TPSA) is 78.3 Å². The van der Waals surface area contributed by atoms with Crippen molar-refractivity contribution >= 4 is 27.1 Å². The summed E-state index contributed by atoms with van der Waals surface area (Å²) in [5.41, 5.74) is 1.73. The van der Waals surface area contributed by atoms with Crippen molar-refractivity contribution in [2.75, 3.05) is 12.9 Å². The Bertz CT molecular complexity index is 1130. The number of sulfone groups is 1. The van der Waals surface area contributed by atoms with Gasteiger partial charge in [0.25, 0.3) is 0 Å². The monoisotopic (exact) mass is 432 g/mol. The van der Waals surface area contributed by atoms with Crippen molar-refractivity contribution in [3.63, 3.8) is 0 Å². The first-order valence-corrected chi connectivity index (χ1v) is 12.0. The summed E-state index contributed by atoms with van der Waals surface area (Å²) in [6, 6.07) is 10.8. The van der Waals surface area contributed by atoms with E-state index in [1.54, 1.807) is 25.1 Å². The molecule has 0 saturated carbocycles. The van der Waals surface area contributed by atoms with Crippen molar-refractivity contribution in [2.45, 2.75) is 38.0 Å². The fourth-order valence-electron chi connectivity index (χ4n) is 2.87. The van der Waals surface area contributed by atoms with Gasteiger partial charge in [-0.1, -0.05) is 26.0 Å². The van der Waals surface area contributed by atoms with Crippen molar-refractivity contribution in [1.29, 1.82) is 0 Å². The van der Waals surface area contributed by atoms with Crippen molar-refractivity contribution in [3.8, 4) is 15.4 Å². The zero-order chi connectivity index (χ0) is 21.2. The molecule has 2 aromatic heterocycles. The van der Waals surface area contributed by atoms with Crippen LogP contribution in [0.2, 0.25) is 0 Å². The van der Waals surface area contributed by atoms with Crippen molar-refractivity contribution < 1.29 is 17.9 Å². The molecule has 8 heteroatoms. The van der Waals surface area contributed by atoms with E-state index in [1.165, 1.54) is 17.6 Å². The van der Waals surface area contributed by atoms with Crippen LogP contribution in [-0.2, 0) is 25.8 Å². The lowest BCUT2D eigenvalue weighted by atomic mass is 10.2. The second kappa shape index (κ2) is 8.51. The van der Waals surface area contributed by atoms with Crippen LogP contribution in [0.1, 0.15) is 38.2 Å². The van der Waals surface area contributed by atoms with Crippen LogP contribution in [0.4, 0.5) is 0 Å².